The minimum atomic E-state index is -0.339. The molecule has 6 heteroatoms. The van der Waals surface area contributed by atoms with Crippen LogP contribution in [0, 0.1) is 0 Å². The highest BCUT2D eigenvalue weighted by atomic mass is 16.5. The highest BCUT2D eigenvalue weighted by Crippen LogP contribution is 2.24. The summed E-state index contributed by atoms with van der Waals surface area (Å²) < 4.78 is 5.42. The van der Waals surface area contributed by atoms with Crippen LogP contribution in [-0.4, -0.2) is 24.6 Å². The lowest BCUT2D eigenvalue weighted by Gasteiger charge is -2.11. The number of rotatable bonds is 5. The van der Waals surface area contributed by atoms with E-state index < -0.39 is 0 Å². The first kappa shape index (κ1) is 18.5. The van der Waals surface area contributed by atoms with Gasteiger partial charge in [0, 0.05) is 18.0 Å². The molecule has 1 aliphatic heterocycles. The number of aryl methyl sites for hydroxylation is 2. The Balaban J connectivity index is 1.35. The van der Waals surface area contributed by atoms with Crippen molar-refractivity contribution >= 4 is 23.2 Å². The van der Waals surface area contributed by atoms with Gasteiger partial charge < -0.3 is 21.1 Å². The number of guanidine groups is 1. The summed E-state index contributed by atoms with van der Waals surface area (Å²) in [6.45, 7) is 1.09. The summed E-state index contributed by atoms with van der Waals surface area (Å²) in [6.07, 6.45) is 4.89. The van der Waals surface area contributed by atoms with Crippen LogP contribution in [0.15, 0.2) is 47.5 Å². The molecule has 2 aromatic carbocycles. The Labute approximate surface area is 165 Å². The molecule has 146 valence electrons. The number of carbonyl (C=O) groups excluding carboxylic acids is 1. The van der Waals surface area contributed by atoms with Gasteiger partial charge in [0.1, 0.15) is 6.10 Å². The second-order valence-corrected chi connectivity index (χ2v) is 7.35. The van der Waals surface area contributed by atoms with E-state index in [4.69, 9.17) is 10.5 Å². The number of nitrogens with zero attached hydrogens (tertiary/aromatic N) is 1. The topological polar surface area (TPSA) is 88.7 Å². The number of aliphatic imine (C=N–C) groups is 1. The normalized spacial score (nSPS) is 18.7. The highest BCUT2D eigenvalue weighted by molar-refractivity contribution is 5.94. The van der Waals surface area contributed by atoms with E-state index in [0.29, 0.717) is 19.1 Å². The van der Waals surface area contributed by atoms with Crippen LogP contribution in [0.25, 0.3) is 0 Å². The average molecular weight is 378 g/mol. The third-order valence-electron chi connectivity index (χ3n) is 5.22. The van der Waals surface area contributed by atoms with E-state index in [0.717, 1.165) is 36.2 Å². The van der Waals surface area contributed by atoms with E-state index in [2.05, 4.69) is 27.8 Å². The third kappa shape index (κ3) is 4.51. The quantitative estimate of drug-likeness (QED) is 0.551. The zero-order valence-corrected chi connectivity index (χ0v) is 15.9. The number of amides is 1. The van der Waals surface area contributed by atoms with Gasteiger partial charge >= 0.3 is 0 Å². The number of hydrogen-bond acceptors (Lipinski definition) is 3. The Morgan fingerprint density at radius 2 is 1.93 bits per heavy atom. The van der Waals surface area contributed by atoms with E-state index in [1.807, 2.05) is 30.3 Å². The summed E-state index contributed by atoms with van der Waals surface area (Å²) in [7, 11) is 0. The molecule has 1 amide bonds. The summed E-state index contributed by atoms with van der Waals surface area (Å²) in [5.74, 6) is 0.294. The van der Waals surface area contributed by atoms with Crippen LogP contribution in [0.4, 0.5) is 11.4 Å². The number of nitrogens with one attached hydrogen (secondary N) is 2. The van der Waals surface area contributed by atoms with Gasteiger partial charge in [-0.2, -0.15) is 0 Å². The molecular weight excluding hydrogens is 352 g/mol. The van der Waals surface area contributed by atoms with E-state index >= 15 is 0 Å². The van der Waals surface area contributed by atoms with E-state index in [-0.39, 0.29) is 12.0 Å². The van der Waals surface area contributed by atoms with E-state index in [1.54, 1.807) is 0 Å². The number of benzene rings is 2. The van der Waals surface area contributed by atoms with Crippen molar-refractivity contribution in [1.82, 2.24) is 0 Å². The van der Waals surface area contributed by atoms with Crippen LogP contribution in [-0.2, 0) is 28.9 Å². The summed E-state index contributed by atoms with van der Waals surface area (Å²) >= 11 is 0. The first-order valence-electron chi connectivity index (χ1n) is 9.87. The molecule has 6 nitrogen and oxygen atoms in total. The summed E-state index contributed by atoms with van der Waals surface area (Å²) in [6, 6.07) is 14.0. The smallest absolute Gasteiger partial charge is 0.253 e. The maximum absolute atomic E-state index is 12.2. The van der Waals surface area contributed by atoms with Gasteiger partial charge in [0.05, 0.1) is 6.54 Å². The number of carbonyl (C=O) groups is 1. The molecule has 0 radical (unpaired) electrons. The predicted octanol–water partition coefficient (Wildman–Crippen LogP) is 3.22. The summed E-state index contributed by atoms with van der Waals surface area (Å²) in [4.78, 5) is 16.6. The molecule has 1 saturated heterocycles. The van der Waals surface area contributed by atoms with Crippen molar-refractivity contribution in [2.75, 3.05) is 17.2 Å². The van der Waals surface area contributed by atoms with Crippen LogP contribution in [0.2, 0.25) is 0 Å². The van der Waals surface area contributed by atoms with Crippen molar-refractivity contribution in [3.8, 4) is 0 Å². The molecule has 1 atom stereocenters. The van der Waals surface area contributed by atoms with E-state index in [1.165, 1.54) is 24.0 Å². The second-order valence-electron chi connectivity index (χ2n) is 7.35. The van der Waals surface area contributed by atoms with Crippen LogP contribution < -0.4 is 16.4 Å². The number of nitrogens with two attached hydrogens (primary N) is 1. The largest absolute Gasteiger partial charge is 0.370 e. The second kappa shape index (κ2) is 8.44. The zero-order chi connectivity index (χ0) is 19.3. The number of ether oxygens (including phenoxy) is 1. The molecule has 28 heavy (non-hydrogen) atoms. The van der Waals surface area contributed by atoms with Gasteiger partial charge in [0.15, 0.2) is 5.96 Å². The minimum absolute atomic E-state index is 0.0871. The molecule has 1 fully saturated rings. The highest BCUT2D eigenvalue weighted by Gasteiger charge is 2.23. The Morgan fingerprint density at radius 1 is 1.07 bits per heavy atom. The Kier molecular flexibility index (Phi) is 5.58. The molecule has 1 unspecified atom stereocenters. The molecule has 0 bridgehead atoms. The fraction of sp³-hybridized carbons (Fsp3) is 0.364. The van der Waals surface area contributed by atoms with Gasteiger partial charge in [-0.1, -0.05) is 18.2 Å². The lowest BCUT2D eigenvalue weighted by Crippen LogP contribution is -2.26. The van der Waals surface area contributed by atoms with Crippen molar-refractivity contribution in [2.45, 2.75) is 44.8 Å². The number of hydrogen-bond donors (Lipinski definition) is 3. The molecular formula is C22H26N4O2. The van der Waals surface area contributed by atoms with Crippen LogP contribution >= 0.6 is 0 Å². The molecule has 0 saturated carbocycles. The van der Waals surface area contributed by atoms with Crippen molar-refractivity contribution < 1.29 is 9.53 Å². The molecule has 0 aromatic heterocycles. The molecule has 2 aliphatic rings. The van der Waals surface area contributed by atoms with Gasteiger partial charge in [0.25, 0.3) is 5.91 Å². The van der Waals surface area contributed by atoms with Gasteiger partial charge in [-0.15, -0.1) is 0 Å². The first-order valence-corrected chi connectivity index (χ1v) is 9.87. The van der Waals surface area contributed by atoms with Gasteiger partial charge in [0.2, 0.25) is 0 Å². The maximum atomic E-state index is 12.2. The summed E-state index contributed by atoms with van der Waals surface area (Å²) in [5.41, 5.74) is 11.6. The van der Waals surface area contributed by atoms with Crippen molar-refractivity contribution in [2.24, 2.45) is 10.7 Å². The standard InChI is InChI=1S/C22H26N4O2/c23-22(26-19-10-9-16-5-2-6-17(16)13-19)24-14-15-4-1-7-18(12-15)25-21(27)20-8-3-11-28-20/h1,4,7,9-10,12-13,20H,2-3,5-6,8,11,14H2,(H,25,27)(H3,23,24,26). The lowest BCUT2D eigenvalue weighted by molar-refractivity contribution is -0.124. The molecule has 4 N–H and O–H groups in total. The molecule has 4 rings (SSSR count). The van der Waals surface area contributed by atoms with Crippen LogP contribution in [0.3, 0.4) is 0 Å². The van der Waals surface area contributed by atoms with Gasteiger partial charge in [-0.3, -0.25) is 4.79 Å². The molecule has 2 aromatic rings. The average Bonchev–Trinajstić information content (AvgIpc) is 3.38. The molecule has 1 aliphatic carbocycles. The summed E-state index contributed by atoms with van der Waals surface area (Å²) in [5, 5.41) is 6.08. The Morgan fingerprint density at radius 3 is 2.79 bits per heavy atom. The van der Waals surface area contributed by atoms with Crippen molar-refractivity contribution in [1.29, 1.82) is 0 Å². The number of anilines is 2. The van der Waals surface area contributed by atoms with Gasteiger partial charge in [-0.05, 0) is 73.1 Å². The monoisotopic (exact) mass is 378 g/mol. The lowest BCUT2D eigenvalue weighted by atomic mass is 10.1. The molecule has 0 spiro atoms. The first-order chi connectivity index (χ1) is 13.7. The fourth-order valence-corrected chi connectivity index (χ4v) is 3.77. The van der Waals surface area contributed by atoms with Crippen LogP contribution in [0.1, 0.15) is 36.0 Å². The minimum Gasteiger partial charge on any atom is -0.370 e. The van der Waals surface area contributed by atoms with Crippen molar-refractivity contribution in [3.05, 3.63) is 59.2 Å². The number of fused-ring (bicyclic) bond motifs is 1. The van der Waals surface area contributed by atoms with Gasteiger partial charge in [-0.25, -0.2) is 4.99 Å². The zero-order valence-electron chi connectivity index (χ0n) is 15.9. The Bertz CT molecular complexity index is 888. The maximum Gasteiger partial charge on any atom is 0.253 e. The fourth-order valence-electron chi connectivity index (χ4n) is 3.77. The molecule has 1 heterocycles. The van der Waals surface area contributed by atoms with E-state index in [9.17, 15) is 4.79 Å². The predicted molar refractivity (Wildman–Crippen MR) is 111 cm³/mol. The van der Waals surface area contributed by atoms with Crippen molar-refractivity contribution in [3.63, 3.8) is 0 Å². The van der Waals surface area contributed by atoms with Crippen LogP contribution in [0.5, 0.6) is 0 Å². The Hall–Kier alpha value is -2.86. The SMILES string of the molecule is NC(=NCc1cccc(NC(=O)C2CCCO2)c1)Nc1ccc2c(c1)CCC2. The third-order valence-corrected chi connectivity index (χ3v) is 5.22.